The van der Waals surface area contributed by atoms with Gasteiger partial charge in [-0.1, -0.05) is 39.8 Å². The maximum Gasteiger partial charge on any atom is 0.220 e. The second-order valence-corrected chi connectivity index (χ2v) is 5.21. The summed E-state index contributed by atoms with van der Waals surface area (Å²) in [6.07, 6.45) is 0.594. The Balaban J connectivity index is 3.89. The first kappa shape index (κ1) is 13.2. The molecule has 0 aromatic heterocycles. The number of carbonyl (C=O) groups excluding carboxylic acids is 1. The molecule has 82 valence electrons. The molecule has 0 aliphatic heterocycles. The molecule has 1 amide bonds. The molecule has 0 fully saturated rings. The average molecular weight is 197 g/mol. The topological polar surface area (TPSA) is 29.1 Å². The van der Waals surface area contributed by atoms with Crippen molar-refractivity contribution in [1.29, 1.82) is 0 Å². The Labute approximate surface area is 87.8 Å². The van der Waals surface area contributed by atoms with Gasteiger partial charge in [0.15, 0.2) is 0 Å². The van der Waals surface area contributed by atoms with Crippen LogP contribution in [0.1, 0.15) is 41.0 Å². The zero-order chi connectivity index (χ0) is 11.4. The fourth-order valence-electron chi connectivity index (χ4n) is 0.906. The van der Waals surface area contributed by atoms with Crippen molar-refractivity contribution in [3.63, 3.8) is 0 Å². The standard InChI is InChI=1S/C12H23NO/c1-9(2)8-13-11(14)7-10(3)12(4,5)6/h10H,1,7-8H2,2-6H3,(H,13,14). The van der Waals surface area contributed by atoms with Gasteiger partial charge in [-0.2, -0.15) is 0 Å². The van der Waals surface area contributed by atoms with Crippen molar-refractivity contribution in [3.8, 4) is 0 Å². The second-order valence-electron chi connectivity index (χ2n) is 5.21. The van der Waals surface area contributed by atoms with Crippen LogP contribution in [0.5, 0.6) is 0 Å². The van der Waals surface area contributed by atoms with Crippen molar-refractivity contribution in [2.75, 3.05) is 6.54 Å². The first-order chi connectivity index (χ1) is 6.23. The van der Waals surface area contributed by atoms with Gasteiger partial charge in [0.05, 0.1) is 0 Å². The molecule has 0 aliphatic carbocycles. The van der Waals surface area contributed by atoms with Gasteiger partial charge >= 0.3 is 0 Å². The van der Waals surface area contributed by atoms with Crippen molar-refractivity contribution in [3.05, 3.63) is 12.2 Å². The highest BCUT2D eigenvalue weighted by Crippen LogP contribution is 2.27. The maximum atomic E-state index is 11.5. The van der Waals surface area contributed by atoms with E-state index in [9.17, 15) is 4.79 Å². The lowest BCUT2D eigenvalue weighted by molar-refractivity contribution is -0.122. The van der Waals surface area contributed by atoms with Crippen LogP contribution in [0, 0.1) is 11.3 Å². The predicted octanol–water partition coefficient (Wildman–Crippen LogP) is 2.75. The Bertz CT molecular complexity index is 213. The van der Waals surface area contributed by atoms with E-state index < -0.39 is 0 Å². The fraction of sp³-hybridized carbons (Fsp3) is 0.750. The quantitative estimate of drug-likeness (QED) is 0.690. The first-order valence-corrected chi connectivity index (χ1v) is 5.14. The summed E-state index contributed by atoms with van der Waals surface area (Å²) in [5.41, 5.74) is 1.18. The molecule has 0 rings (SSSR count). The van der Waals surface area contributed by atoms with E-state index in [-0.39, 0.29) is 11.3 Å². The maximum absolute atomic E-state index is 11.5. The normalized spacial score (nSPS) is 13.5. The SMILES string of the molecule is C=C(C)CNC(=O)CC(C)C(C)(C)C. The molecule has 0 aromatic rings. The zero-order valence-corrected chi connectivity index (χ0v) is 10.1. The van der Waals surface area contributed by atoms with Gasteiger partial charge in [-0.25, -0.2) is 0 Å². The third-order valence-corrected chi connectivity index (χ3v) is 2.56. The monoisotopic (exact) mass is 197 g/mol. The lowest BCUT2D eigenvalue weighted by Crippen LogP contribution is -2.29. The minimum atomic E-state index is 0.121. The molecular weight excluding hydrogens is 174 g/mol. The molecule has 0 saturated heterocycles. The largest absolute Gasteiger partial charge is 0.352 e. The number of hydrogen-bond acceptors (Lipinski definition) is 1. The number of carbonyl (C=O) groups is 1. The van der Waals surface area contributed by atoms with E-state index in [1.165, 1.54) is 0 Å². The number of rotatable bonds is 4. The lowest BCUT2D eigenvalue weighted by atomic mass is 9.80. The average Bonchev–Trinajstić information content (AvgIpc) is 1.99. The Kier molecular flexibility index (Phi) is 4.89. The zero-order valence-electron chi connectivity index (χ0n) is 10.1. The summed E-state index contributed by atoms with van der Waals surface area (Å²) in [5.74, 6) is 0.517. The summed E-state index contributed by atoms with van der Waals surface area (Å²) in [6, 6.07) is 0. The minimum Gasteiger partial charge on any atom is -0.352 e. The Morgan fingerprint density at radius 3 is 2.29 bits per heavy atom. The summed E-state index contributed by atoms with van der Waals surface area (Å²) in [6.45, 7) is 14.8. The molecule has 1 atom stereocenters. The molecule has 0 aliphatic rings. The highest BCUT2D eigenvalue weighted by Gasteiger charge is 2.22. The molecule has 0 saturated carbocycles. The molecule has 0 bridgehead atoms. The predicted molar refractivity (Wildman–Crippen MR) is 61.1 cm³/mol. The molecule has 0 aromatic carbocycles. The summed E-state index contributed by atoms with van der Waals surface area (Å²) in [4.78, 5) is 11.5. The molecule has 0 spiro atoms. The van der Waals surface area contributed by atoms with Crippen LogP contribution in [-0.2, 0) is 4.79 Å². The van der Waals surface area contributed by atoms with Crippen LogP contribution in [0.2, 0.25) is 0 Å². The molecule has 1 unspecified atom stereocenters. The van der Waals surface area contributed by atoms with Gasteiger partial charge in [0.1, 0.15) is 0 Å². The van der Waals surface area contributed by atoms with Crippen molar-refractivity contribution in [1.82, 2.24) is 5.32 Å². The molecular formula is C12H23NO. The van der Waals surface area contributed by atoms with Gasteiger partial charge in [-0.05, 0) is 18.3 Å². The van der Waals surface area contributed by atoms with Crippen LogP contribution in [0.4, 0.5) is 0 Å². The molecule has 0 radical (unpaired) electrons. The van der Waals surface area contributed by atoms with Crippen molar-refractivity contribution in [2.24, 2.45) is 11.3 Å². The van der Waals surface area contributed by atoms with Crippen LogP contribution >= 0.6 is 0 Å². The van der Waals surface area contributed by atoms with Crippen LogP contribution in [-0.4, -0.2) is 12.5 Å². The molecule has 14 heavy (non-hydrogen) atoms. The smallest absolute Gasteiger partial charge is 0.220 e. The molecule has 0 heterocycles. The number of hydrogen-bond donors (Lipinski definition) is 1. The van der Waals surface area contributed by atoms with Gasteiger partial charge in [0.25, 0.3) is 0 Å². The van der Waals surface area contributed by atoms with Gasteiger partial charge in [0.2, 0.25) is 5.91 Å². The third-order valence-electron chi connectivity index (χ3n) is 2.56. The van der Waals surface area contributed by atoms with Gasteiger partial charge in [0, 0.05) is 13.0 Å². The highest BCUT2D eigenvalue weighted by molar-refractivity contribution is 5.76. The van der Waals surface area contributed by atoms with Gasteiger partial charge in [-0.3, -0.25) is 4.79 Å². The molecule has 2 heteroatoms. The molecule has 2 nitrogen and oxygen atoms in total. The highest BCUT2D eigenvalue weighted by atomic mass is 16.1. The Morgan fingerprint density at radius 1 is 1.43 bits per heavy atom. The summed E-state index contributed by atoms with van der Waals surface area (Å²) < 4.78 is 0. The van der Waals surface area contributed by atoms with E-state index in [2.05, 4.69) is 39.6 Å². The third kappa shape index (κ3) is 5.79. The van der Waals surface area contributed by atoms with Gasteiger partial charge < -0.3 is 5.32 Å². The van der Waals surface area contributed by atoms with E-state index in [0.717, 1.165) is 5.57 Å². The fourth-order valence-corrected chi connectivity index (χ4v) is 0.906. The van der Waals surface area contributed by atoms with Crippen LogP contribution in [0.15, 0.2) is 12.2 Å². The van der Waals surface area contributed by atoms with Crippen molar-refractivity contribution in [2.45, 2.75) is 41.0 Å². The number of nitrogens with one attached hydrogen (secondary N) is 1. The van der Waals surface area contributed by atoms with Crippen LogP contribution < -0.4 is 5.32 Å². The molecule has 1 N–H and O–H groups in total. The summed E-state index contributed by atoms with van der Waals surface area (Å²) >= 11 is 0. The number of amides is 1. The van der Waals surface area contributed by atoms with Gasteiger partial charge in [-0.15, -0.1) is 0 Å². The van der Waals surface area contributed by atoms with E-state index in [4.69, 9.17) is 0 Å². The summed E-state index contributed by atoms with van der Waals surface area (Å²) in [7, 11) is 0. The van der Waals surface area contributed by atoms with Crippen LogP contribution in [0.25, 0.3) is 0 Å². The van der Waals surface area contributed by atoms with Crippen molar-refractivity contribution >= 4 is 5.91 Å². The Morgan fingerprint density at radius 2 is 1.93 bits per heavy atom. The van der Waals surface area contributed by atoms with E-state index in [0.29, 0.717) is 18.9 Å². The first-order valence-electron chi connectivity index (χ1n) is 5.14. The summed E-state index contributed by atoms with van der Waals surface area (Å²) in [5, 5.41) is 2.85. The van der Waals surface area contributed by atoms with Crippen molar-refractivity contribution < 1.29 is 4.79 Å². The van der Waals surface area contributed by atoms with E-state index >= 15 is 0 Å². The Hall–Kier alpha value is -0.790. The van der Waals surface area contributed by atoms with E-state index in [1.807, 2.05) is 6.92 Å². The van der Waals surface area contributed by atoms with Crippen LogP contribution in [0.3, 0.4) is 0 Å². The lowest BCUT2D eigenvalue weighted by Gasteiger charge is -2.26. The van der Waals surface area contributed by atoms with E-state index in [1.54, 1.807) is 0 Å². The second kappa shape index (κ2) is 5.18. The minimum absolute atomic E-state index is 0.121.